The molecule has 0 aliphatic heterocycles. The van der Waals surface area contributed by atoms with Gasteiger partial charge in [-0.25, -0.2) is 0 Å². The van der Waals surface area contributed by atoms with Gasteiger partial charge in [-0.2, -0.15) is 0 Å². The SMILES string of the molecule is CN(CCCNC(N)=NCC1CCC1)C1CCCCC1. The highest BCUT2D eigenvalue weighted by molar-refractivity contribution is 5.77. The number of guanidine groups is 1. The molecule has 4 heteroatoms. The number of hydrogen-bond acceptors (Lipinski definition) is 2. The molecule has 2 fully saturated rings. The summed E-state index contributed by atoms with van der Waals surface area (Å²) in [5, 5.41) is 3.25. The molecule has 0 amide bonds. The molecule has 3 N–H and O–H groups in total. The van der Waals surface area contributed by atoms with E-state index in [0.717, 1.165) is 38.0 Å². The van der Waals surface area contributed by atoms with Crippen molar-refractivity contribution in [1.29, 1.82) is 0 Å². The maximum atomic E-state index is 5.89. The van der Waals surface area contributed by atoms with Crippen LogP contribution in [0.4, 0.5) is 0 Å². The molecule has 20 heavy (non-hydrogen) atoms. The summed E-state index contributed by atoms with van der Waals surface area (Å²) in [7, 11) is 2.27. The van der Waals surface area contributed by atoms with Crippen LogP contribution in [0.5, 0.6) is 0 Å². The number of nitrogens with two attached hydrogens (primary N) is 1. The highest BCUT2D eigenvalue weighted by Gasteiger charge is 2.17. The fraction of sp³-hybridized carbons (Fsp3) is 0.938. The fourth-order valence-electron chi connectivity index (χ4n) is 3.21. The van der Waals surface area contributed by atoms with Crippen LogP contribution < -0.4 is 11.1 Å². The minimum atomic E-state index is 0.636. The van der Waals surface area contributed by atoms with E-state index in [-0.39, 0.29) is 0 Å². The van der Waals surface area contributed by atoms with Gasteiger partial charge in [0.2, 0.25) is 0 Å². The maximum Gasteiger partial charge on any atom is 0.188 e. The summed E-state index contributed by atoms with van der Waals surface area (Å²) in [5.74, 6) is 1.44. The topological polar surface area (TPSA) is 53.6 Å². The molecular formula is C16H32N4. The third-order valence-corrected chi connectivity index (χ3v) is 4.94. The zero-order valence-electron chi connectivity index (χ0n) is 13.1. The largest absolute Gasteiger partial charge is 0.370 e. The number of rotatable bonds is 7. The average molecular weight is 280 g/mol. The predicted octanol–water partition coefficient (Wildman–Crippen LogP) is 2.35. The van der Waals surface area contributed by atoms with E-state index in [0.29, 0.717) is 5.96 Å². The molecule has 4 nitrogen and oxygen atoms in total. The molecule has 0 aromatic carbocycles. The molecule has 0 heterocycles. The van der Waals surface area contributed by atoms with Crippen LogP contribution in [-0.4, -0.2) is 43.6 Å². The molecule has 0 atom stereocenters. The van der Waals surface area contributed by atoms with Crippen molar-refractivity contribution < 1.29 is 0 Å². The van der Waals surface area contributed by atoms with Crippen molar-refractivity contribution in [2.45, 2.75) is 63.8 Å². The number of nitrogens with zero attached hydrogens (tertiary/aromatic N) is 2. The van der Waals surface area contributed by atoms with Crippen molar-refractivity contribution in [3.05, 3.63) is 0 Å². The minimum absolute atomic E-state index is 0.636. The summed E-state index contributed by atoms with van der Waals surface area (Å²) >= 11 is 0. The Morgan fingerprint density at radius 3 is 2.55 bits per heavy atom. The molecule has 0 aromatic rings. The molecule has 0 radical (unpaired) electrons. The standard InChI is InChI=1S/C16H32N4/c1-20(15-9-3-2-4-10-15)12-6-11-18-16(17)19-13-14-7-5-8-14/h14-15H,2-13H2,1H3,(H3,17,18,19). The first-order valence-corrected chi connectivity index (χ1v) is 8.49. The smallest absolute Gasteiger partial charge is 0.188 e. The molecule has 0 unspecified atom stereocenters. The third kappa shape index (κ3) is 5.31. The Morgan fingerprint density at radius 1 is 1.15 bits per heavy atom. The minimum Gasteiger partial charge on any atom is -0.370 e. The zero-order chi connectivity index (χ0) is 14.2. The van der Waals surface area contributed by atoms with Crippen LogP contribution >= 0.6 is 0 Å². The van der Waals surface area contributed by atoms with E-state index in [2.05, 4.69) is 22.3 Å². The first-order chi connectivity index (χ1) is 9.75. The van der Waals surface area contributed by atoms with Crippen LogP contribution in [0.25, 0.3) is 0 Å². The summed E-state index contributed by atoms with van der Waals surface area (Å²) in [4.78, 5) is 6.95. The Kier molecular flexibility index (Phi) is 6.64. The molecule has 0 aromatic heterocycles. The van der Waals surface area contributed by atoms with Crippen molar-refractivity contribution in [2.24, 2.45) is 16.6 Å². The first-order valence-electron chi connectivity index (χ1n) is 8.49. The van der Waals surface area contributed by atoms with E-state index in [4.69, 9.17) is 5.73 Å². The van der Waals surface area contributed by atoms with Gasteiger partial charge in [0.1, 0.15) is 0 Å². The van der Waals surface area contributed by atoms with E-state index in [1.165, 1.54) is 51.4 Å². The van der Waals surface area contributed by atoms with Gasteiger partial charge in [-0.15, -0.1) is 0 Å². The molecule has 0 spiro atoms. The monoisotopic (exact) mass is 280 g/mol. The molecule has 0 bridgehead atoms. The van der Waals surface area contributed by atoms with Gasteiger partial charge in [-0.1, -0.05) is 25.7 Å². The molecular weight excluding hydrogens is 248 g/mol. The van der Waals surface area contributed by atoms with Gasteiger partial charge < -0.3 is 16.0 Å². The number of hydrogen-bond donors (Lipinski definition) is 2. The summed E-state index contributed by atoms with van der Waals surface area (Å²) in [6, 6.07) is 0.813. The second kappa shape index (κ2) is 8.50. The quantitative estimate of drug-likeness (QED) is 0.427. The normalized spacial score (nSPS) is 22.0. The van der Waals surface area contributed by atoms with Gasteiger partial charge in [0.15, 0.2) is 5.96 Å². The van der Waals surface area contributed by atoms with Crippen molar-refractivity contribution in [1.82, 2.24) is 10.2 Å². The second-order valence-electron chi connectivity index (χ2n) is 6.58. The van der Waals surface area contributed by atoms with E-state index in [1.54, 1.807) is 0 Å². The molecule has 2 aliphatic rings. The molecule has 2 saturated carbocycles. The summed E-state index contributed by atoms with van der Waals surface area (Å²) in [5.41, 5.74) is 5.89. The number of aliphatic imine (C=N–C) groups is 1. The van der Waals surface area contributed by atoms with Crippen LogP contribution in [0.2, 0.25) is 0 Å². The van der Waals surface area contributed by atoms with E-state index in [9.17, 15) is 0 Å². The van der Waals surface area contributed by atoms with Gasteiger partial charge in [0.25, 0.3) is 0 Å². The zero-order valence-corrected chi connectivity index (χ0v) is 13.1. The Hall–Kier alpha value is -0.770. The summed E-state index contributed by atoms with van der Waals surface area (Å²) in [6.45, 7) is 3.02. The van der Waals surface area contributed by atoms with E-state index < -0.39 is 0 Å². The lowest BCUT2D eigenvalue weighted by Crippen LogP contribution is -2.37. The lowest BCUT2D eigenvalue weighted by atomic mass is 9.86. The molecule has 116 valence electrons. The Bertz CT molecular complexity index is 293. The van der Waals surface area contributed by atoms with Crippen molar-refractivity contribution >= 4 is 5.96 Å². The van der Waals surface area contributed by atoms with E-state index in [1.807, 2.05) is 0 Å². The van der Waals surface area contributed by atoms with Crippen molar-refractivity contribution in [3.63, 3.8) is 0 Å². The van der Waals surface area contributed by atoms with Gasteiger partial charge in [0.05, 0.1) is 0 Å². The Morgan fingerprint density at radius 2 is 1.90 bits per heavy atom. The summed E-state index contributed by atoms with van der Waals surface area (Å²) < 4.78 is 0. The summed E-state index contributed by atoms with van der Waals surface area (Å²) in [6.07, 6.45) is 12.2. The highest BCUT2D eigenvalue weighted by atomic mass is 15.1. The first kappa shape index (κ1) is 15.6. The van der Waals surface area contributed by atoms with Crippen molar-refractivity contribution in [2.75, 3.05) is 26.7 Å². The third-order valence-electron chi connectivity index (χ3n) is 4.94. The van der Waals surface area contributed by atoms with E-state index >= 15 is 0 Å². The lowest BCUT2D eigenvalue weighted by molar-refractivity contribution is 0.190. The fourth-order valence-corrected chi connectivity index (χ4v) is 3.21. The lowest BCUT2D eigenvalue weighted by Gasteiger charge is -2.31. The maximum absolute atomic E-state index is 5.89. The van der Waals surface area contributed by atoms with Gasteiger partial charge >= 0.3 is 0 Å². The van der Waals surface area contributed by atoms with Crippen molar-refractivity contribution in [3.8, 4) is 0 Å². The van der Waals surface area contributed by atoms with Crippen LogP contribution in [0.15, 0.2) is 4.99 Å². The predicted molar refractivity (Wildman–Crippen MR) is 86.0 cm³/mol. The average Bonchev–Trinajstić information content (AvgIpc) is 2.42. The van der Waals surface area contributed by atoms with Crippen LogP contribution in [0.3, 0.4) is 0 Å². The van der Waals surface area contributed by atoms with Crippen LogP contribution in [0.1, 0.15) is 57.8 Å². The Labute approximate surface area is 124 Å². The Balaban J connectivity index is 1.51. The number of nitrogens with one attached hydrogen (secondary N) is 1. The van der Waals surface area contributed by atoms with Crippen LogP contribution in [-0.2, 0) is 0 Å². The second-order valence-corrected chi connectivity index (χ2v) is 6.58. The molecule has 0 saturated heterocycles. The molecule has 2 rings (SSSR count). The highest BCUT2D eigenvalue weighted by Crippen LogP contribution is 2.26. The van der Waals surface area contributed by atoms with Gasteiger partial charge in [0, 0.05) is 19.1 Å². The van der Waals surface area contributed by atoms with Gasteiger partial charge in [-0.3, -0.25) is 4.99 Å². The van der Waals surface area contributed by atoms with Crippen LogP contribution in [0, 0.1) is 5.92 Å². The van der Waals surface area contributed by atoms with Gasteiger partial charge in [-0.05, 0) is 51.6 Å². The molecule has 2 aliphatic carbocycles.